The zero-order chi connectivity index (χ0) is 54.8. The molecule has 0 heterocycles. The summed E-state index contributed by atoms with van der Waals surface area (Å²) in [6, 6.07) is 15.5. The van der Waals surface area contributed by atoms with Gasteiger partial charge in [-0.05, 0) is 83.3 Å². The van der Waals surface area contributed by atoms with E-state index >= 15 is 0 Å². The molecule has 0 radical (unpaired) electrons. The Kier molecular flexibility index (Phi) is 27.4. The van der Waals surface area contributed by atoms with Gasteiger partial charge in [-0.3, -0.25) is 24.0 Å². The van der Waals surface area contributed by atoms with E-state index in [1.165, 1.54) is 4.90 Å². The third kappa shape index (κ3) is 23.1. The number of carbonyl (C=O) groups is 7. The summed E-state index contributed by atoms with van der Waals surface area (Å²) in [6.07, 6.45) is 5.43. The van der Waals surface area contributed by atoms with Gasteiger partial charge in [0.25, 0.3) is 11.8 Å². The van der Waals surface area contributed by atoms with Gasteiger partial charge in [-0.1, -0.05) is 133 Å². The molecule has 2 aromatic rings. The molecule has 0 spiro atoms. The van der Waals surface area contributed by atoms with Gasteiger partial charge < -0.3 is 50.2 Å². The maximum Gasteiger partial charge on any atom is 0.407 e. The van der Waals surface area contributed by atoms with Crippen LogP contribution in [0.3, 0.4) is 0 Å². The number of nitrogens with zero attached hydrogens (tertiary/aromatic N) is 2. The Morgan fingerprint density at radius 2 is 1.41 bits per heavy atom. The van der Waals surface area contributed by atoms with Gasteiger partial charge in [0.15, 0.2) is 0 Å². The molecule has 1 aliphatic carbocycles. The number of hydrogen-bond donors (Lipinski definition) is 5. The van der Waals surface area contributed by atoms with E-state index in [1.54, 1.807) is 72.9 Å². The van der Waals surface area contributed by atoms with Crippen LogP contribution >= 0.6 is 0 Å². The van der Waals surface area contributed by atoms with E-state index < -0.39 is 102 Å². The number of aliphatic carboxylic acids is 1. The van der Waals surface area contributed by atoms with Crippen LogP contribution < -0.4 is 21.3 Å². The molecule has 0 unspecified atom stereocenters. The second-order valence-electron chi connectivity index (χ2n) is 21.0. The number of carbonyl (C=O) groups excluding carboxylic acids is 6. The van der Waals surface area contributed by atoms with Crippen molar-refractivity contribution < 1.29 is 57.6 Å². The van der Waals surface area contributed by atoms with Gasteiger partial charge in [-0.25, -0.2) is 14.6 Å². The standard InChI is InChI=1S/C56H86N6O12/c1-11-12-13-23-30-47(72-34-38(4)59-55(70)74-56(7,8)9)39(5)52(66)62(10)46(31-37(2)3)50(64)61-48(43-28-21-16-22-29-43)51(65)60-45(33-58-54(69)73-36-42-26-19-15-20-27-42)49(63)57-32-44(53(67)68)40(6)71-35-41-24-17-14-18-25-41/h14-15,17-20,24-27,37-40,43-44,46-48H,11-13,16,21-23,28-36H2,1-10H3,(H,57,63)(H,58,69)(H,59,70)(H,61,64)(H,67,68)/t38-,39-,40+,44+,46+,47-,48+/m1/s1. The number of benzene rings is 2. The van der Waals surface area contributed by atoms with Crippen LogP contribution in [0.15, 0.2) is 65.7 Å². The minimum Gasteiger partial charge on any atom is -0.481 e. The summed E-state index contributed by atoms with van der Waals surface area (Å²) in [5, 5.41) is 21.0. The molecule has 74 heavy (non-hydrogen) atoms. The van der Waals surface area contributed by atoms with Crippen LogP contribution in [0.5, 0.6) is 0 Å². The molecule has 1 saturated carbocycles. The number of ether oxygens (including phenoxy) is 4. The number of rotatable bonds is 30. The second-order valence-corrected chi connectivity index (χ2v) is 21.0. The number of amides is 6. The van der Waals surface area contributed by atoms with E-state index in [-0.39, 0.29) is 44.0 Å². The predicted molar refractivity (Wildman–Crippen MR) is 283 cm³/mol. The summed E-state index contributed by atoms with van der Waals surface area (Å²) < 4.78 is 23.0. The largest absolute Gasteiger partial charge is 0.481 e. The molecule has 412 valence electrons. The first kappa shape index (κ1) is 62.4. The number of aliphatic imine (C=N–C) groups is 1. The number of unbranched alkanes of at least 4 members (excludes halogenated alkanes) is 3. The molecule has 0 aliphatic heterocycles. The van der Waals surface area contributed by atoms with Crippen molar-refractivity contribution in [2.75, 3.05) is 26.7 Å². The minimum absolute atomic E-state index is 0.0527. The lowest BCUT2D eigenvalue weighted by Gasteiger charge is -2.35. The number of hydrogen-bond acceptors (Lipinski definition) is 11. The van der Waals surface area contributed by atoms with Crippen LogP contribution in [0.4, 0.5) is 9.59 Å². The van der Waals surface area contributed by atoms with Crippen molar-refractivity contribution in [2.24, 2.45) is 28.7 Å². The number of carboxylic acid groups (broad SMARTS) is 1. The lowest BCUT2D eigenvalue weighted by Crippen LogP contribution is -2.56. The SMILES string of the molecule is CCCCCC[C@@H](OC[C@@H](C)NC(=O)OC(C)(C)C)[C@@H](C)C(=O)N(C)[C@@H](CC(C)C)C(=O)N[C@H](C(=O)N=C(CNC(=O)OCc1ccccc1)C(=O)NC[C@H](C(=O)O)[C@H](C)OCc1ccccc1)C1CCCCC1. The maximum absolute atomic E-state index is 14.7. The van der Waals surface area contributed by atoms with Crippen LogP contribution in [-0.2, 0) is 56.1 Å². The van der Waals surface area contributed by atoms with E-state index in [4.69, 9.17) is 18.9 Å². The zero-order valence-corrected chi connectivity index (χ0v) is 45.6. The van der Waals surface area contributed by atoms with Gasteiger partial charge in [0.2, 0.25) is 11.8 Å². The van der Waals surface area contributed by atoms with Crippen LogP contribution in [-0.4, -0.2) is 120 Å². The van der Waals surface area contributed by atoms with E-state index in [1.807, 2.05) is 50.2 Å². The highest BCUT2D eigenvalue weighted by molar-refractivity contribution is 6.41. The van der Waals surface area contributed by atoms with Crippen molar-refractivity contribution in [3.8, 4) is 0 Å². The Balaban J connectivity index is 1.91. The van der Waals surface area contributed by atoms with Gasteiger partial charge >= 0.3 is 18.2 Å². The fourth-order valence-electron chi connectivity index (χ4n) is 8.67. The Morgan fingerprint density at radius 3 is 1.99 bits per heavy atom. The fraction of sp³-hybridized carbons (Fsp3) is 0.643. The molecule has 18 nitrogen and oxygen atoms in total. The minimum atomic E-state index is -1.23. The highest BCUT2D eigenvalue weighted by Gasteiger charge is 2.38. The van der Waals surface area contributed by atoms with Crippen LogP contribution in [0.25, 0.3) is 0 Å². The van der Waals surface area contributed by atoms with Gasteiger partial charge in [0.05, 0.1) is 49.8 Å². The first-order valence-corrected chi connectivity index (χ1v) is 26.5. The lowest BCUT2D eigenvalue weighted by atomic mass is 9.83. The molecule has 18 heteroatoms. The van der Waals surface area contributed by atoms with E-state index in [9.17, 15) is 38.7 Å². The van der Waals surface area contributed by atoms with E-state index in [0.29, 0.717) is 24.8 Å². The summed E-state index contributed by atoms with van der Waals surface area (Å²) in [7, 11) is 1.57. The second kappa shape index (κ2) is 32.4. The number of likely N-dealkylation sites (N-methyl/N-ethyl adjacent to an activating group) is 1. The molecule has 1 fully saturated rings. The maximum atomic E-state index is 14.7. The molecule has 6 amide bonds. The van der Waals surface area contributed by atoms with Crippen molar-refractivity contribution in [2.45, 2.75) is 182 Å². The molecule has 5 N–H and O–H groups in total. The summed E-state index contributed by atoms with van der Waals surface area (Å²) in [4.78, 5) is 101. The normalized spacial score (nSPS) is 16.1. The third-order valence-electron chi connectivity index (χ3n) is 13.0. The molecule has 0 saturated heterocycles. The molecule has 3 rings (SSSR count). The molecule has 0 bridgehead atoms. The number of carboxylic acids is 1. The molecule has 0 aromatic heterocycles. The van der Waals surface area contributed by atoms with Crippen molar-refractivity contribution in [1.82, 2.24) is 26.2 Å². The van der Waals surface area contributed by atoms with E-state index in [2.05, 4.69) is 33.2 Å². The summed E-state index contributed by atoms with van der Waals surface area (Å²) >= 11 is 0. The molecule has 1 aliphatic rings. The lowest BCUT2D eigenvalue weighted by molar-refractivity contribution is -0.147. The molecule has 2 aromatic carbocycles. The molecular formula is C56H86N6O12. The Morgan fingerprint density at radius 1 is 0.784 bits per heavy atom. The Labute approximate surface area is 439 Å². The van der Waals surface area contributed by atoms with Crippen molar-refractivity contribution >= 4 is 47.5 Å². The average molecular weight is 1040 g/mol. The van der Waals surface area contributed by atoms with Crippen LogP contribution in [0.2, 0.25) is 0 Å². The zero-order valence-electron chi connectivity index (χ0n) is 45.6. The van der Waals surface area contributed by atoms with Crippen molar-refractivity contribution in [1.29, 1.82) is 0 Å². The average Bonchev–Trinajstić information content (AvgIpc) is 3.36. The quantitative estimate of drug-likeness (QED) is 0.0368. The molecular weight excluding hydrogens is 949 g/mol. The van der Waals surface area contributed by atoms with Crippen molar-refractivity contribution in [3.05, 3.63) is 71.8 Å². The summed E-state index contributed by atoms with van der Waals surface area (Å²) in [6.45, 7) is 15.7. The fourth-order valence-corrected chi connectivity index (χ4v) is 8.67. The van der Waals surface area contributed by atoms with Gasteiger partial charge in [0, 0.05) is 13.6 Å². The monoisotopic (exact) mass is 1030 g/mol. The van der Waals surface area contributed by atoms with Crippen LogP contribution in [0.1, 0.15) is 144 Å². The highest BCUT2D eigenvalue weighted by atomic mass is 16.6. The molecule has 7 atom stereocenters. The summed E-state index contributed by atoms with van der Waals surface area (Å²) in [5.41, 5.74) is 0.423. The predicted octanol–water partition coefficient (Wildman–Crippen LogP) is 8.15. The topological polar surface area (TPSA) is 240 Å². The smallest absolute Gasteiger partial charge is 0.407 e. The van der Waals surface area contributed by atoms with Crippen LogP contribution in [0, 0.1) is 23.7 Å². The first-order chi connectivity index (χ1) is 35.1. The Hall–Kier alpha value is -5.88. The first-order valence-electron chi connectivity index (χ1n) is 26.5. The van der Waals surface area contributed by atoms with Gasteiger partial charge in [-0.15, -0.1) is 0 Å². The van der Waals surface area contributed by atoms with Gasteiger partial charge in [-0.2, -0.15) is 0 Å². The number of nitrogens with one attached hydrogen (secondary N) is 4. The van der Waals surface area contributed by atoms with Crippen molar-refractivity contribution in [3.63, 3.8) is 0 Å². The number of alkyl carbamates (subject to hydrolysis) is 2. The Bertz CT molecular complexity index is 2090. The highest BCUT2D eigenvalue weighted by Crippen LogP contribution is 2.28. The van der Waals surface area contributed by atoms with E-state index in [0.717, 1.165) is 50.5 Å². The summed E-state index contributed by atoms with van der Waals surface area (Å²) in [5.74, 6) is -6.21. The third-order valence-corrected chi connectivity index (χ3v) is 13.0. The van der Waals surface area contributed by atoms with Gasteiger partial charge in [0.1, 0.15) is 30.0 Å².